The zero-order valence-electron chi connectivity index (χ0n) is 22.2. The van der Waals surface area contributed by atoms with Gasteiger partial charge in [-0.05, 0) is 68.8 Å². The van der Waals surface area contributed by atoms with E-state index in [-0.39, 0.29) is 39.9 Å². The van der Waals surface area contributed by atoms with E-state index < -0.39 is 0 Å². The summed E-state index contributed by atoms with van der Waals surface area (Å²) in [6, 6.07) is 16.8. The van der Waals surface area contributed by atoms with Crippen LogP contribution in [0.3, 0.4) is 0 Å². The lowest BCUT2D eigenvalue weighted by molar-refractivity contribution is -0.103. The van der Waals surface area contributed by atoms with Gasteiger partial charge in [0.2, 0.25) is 5.43 Å². The molecule has 0 saturated heterocycles. The summed E-state index contributed by atoms with van der Waals surface area (Å²) < 4.78 is 21.1. The zero-order valence-corrected chi connectivity index (χ0v) is 22.2. The van der Waals surface area contributed by atoms with Crippen molar-refractivity contribution in [1.82, 2.24) is 9.97 Å². The molecule has 3 heterocycles. The molecule has 1 atom stereocenters. The molecule has 8 heteroatoms. The maximum absolute atomic E-state index is 14.7. The number of carbonyl (C=O) groups is 1. The summed E-state index contributed by atoms with van der Waals surface area (Å²) in [6.45, 7) is 5.36. The number of hydrogen-bond donors (Lipinski definition) is 2. The molecule has 5 rings (SSSR count). The van der Waals surface area contributed by atoms with Crippen LogP contribution in [0.15, 0.2) is 94.2 Å². The lowest BCUT2D eigenvalue weighted by atomic mass is 9.95. The summed E-state index contributed by atoms with van der Waals surface area (Å²) in [5.41, 5.74) is 9.84. The molecule has 0 aliphatic carbocycles. The molecule has 3 N–H and O–H groups in total. The summed E-state index contributed by atoms with van der Waals surface area (Å²) in [5.74, 6) is -0.185. The van der Waals surface area contributed by atoms with Gasteiger partial charge in [-0.25, -0.2) is 4.39 Å². The predicted octanol–water partition coefficient (Wildman–Crippen LogP) is 6.43. The van der Waals surface area contributed by atoms with Gasteiger partial charge < -0.3 is 15.5 Å². The third kappa shape index (κ3) is 4.87. The molecule has 5 aromatic rings. The number of nitrogens with zero attached hydrogens (tertiary/aromatic N) is 2. The molecule has 0 saturated carbocycles. The van der Waals surface area contributed by atoms with Gasteiger partial charge in [0.1, 0.15) is 17.2 Å². The zero-order chi connectivity index (χ0) is 28.4. The number of aryl methyl sites for hydroxylation is 1. The van der Waals surface area contributed by atoms with E-state index in [1.165, 1.54) is 6.07 Å². The maximum Gasteiger partial charge on any atom is 0.201 e. The standard InChI is InChI=1S/C32H27FN4O3/c1-18-14-23(20(3)37-27-11-7-13-36-29(27)22-9-4-5-10-26(22)33)32-24(15-18)30(39)28(25(17-38)19(2)34)31(40-32)21-8-6-12-35-16-21/h4-17,20,37H,34H2,1-3H3/b25-19+/t20-/m1/s1. The van der Waals surface area contributed by atoms with Gasteiger partial charge in [0.25, 0.3) is 0 Å². The first-order valence-corrected chi connectivity index (χ1v) is 12.7. The number of hydrogen-bond acceptors (Lipinski definition) is 7. The smallest absolute Gasteiger partial charge is 0.201 e. The van der Waals surface area contributed by atoms with E-state index in [4.69, 9.17) is 10.2 Å². The van der Waals surface area contributed by atoms with Crippen molar-refractivity contribution in [3.63, 3.8) is 0 Å². The van der Waals surface area contributed by atoms with Crippen molar-refractivity contribution in [1.29, 1.82) is 0 Å². The number of benzene rings is 2. The second-order valence-corrected chi connectivity index (χ2v) is 9.57. The summed E-state index contributed by atoms with van der Waals surface area (Å²) >= 11 is 0. The molecule has 0 bridgehead atoms. The highest BCUT2D eigenvalue weighted by molar-refractivity contribution is 6.11. The molecule has 0 amide bonds. The molecule has 0 radical (unpaired) electrons. The Labute approximate surface area is 230 Å². The molecule has 2 aromatic carbocycles. The molecule has 0 unspecified atom stereocenters. The molecule has 0 aliphatic heterocycles. The van der Waals surface area contributed by atoms with Crippen LogP contribution in [-0.4, -0.2) is 16.3 Å². The lowest BCUT2D eigenvalue weighted by Crippen LogP contribution is -2.16. The molecule has 200 valence electrons. The SMILES string of the molecule is C/C(N)=C(/C=O)c1c(-c2cccnc2)oc2c([C@@H](C)Nc3cccnc3-c3ccccc3F)cc(C)cc2c1=O. The van der Waals surface area contributed by atoms with E-state index in [0.717, 1.165) is 5.56 Å². The van der Waals surface area contributed by atoms with E-state index >= 15 is 0 Å². The highest BCUT2D eigenvalue weighted by Gasteiger charge is 2.24. The summed E-state index contributed by atoms with van der Waals surface area (Å²) in [7, 11) is 0. The summed E-state index contributed by atoms with van der Waals surface area (Å²) in [4.78, 5) is 34.6. The number of nitrogens with one attached hydrogen (secondary N) is 1. The van der Waals surface area contributed by atoms with Crippen molar-refractivity contribution in [2.75, 3.05) is 5.32 Å². The van der Waals surface area contributed by atoms with E-state index in [1.54, 1.807) is 68.0 Å². The molecule has 3 aromatic heterocycles. The van der Waals surface area contributed by atoms with Crippen molar-refractivity contribution >= 4 is 28.5 Å². The van der Waals surface area contributed by atoms with E-state index in [1.807, 2.05) is 26.0 Å². The highest BCUT2D eigenvalue weighted by atomic mass is 19.1. The first kappa shape index (κ1) is 26.5. The van der Waals surface area contributed by atoms with Crippen molar-refractivity contribution in [3.05, 3.63) is 118 Å². The fourth-order valence-corrected chi connectivity index (χ4v) is 4.79. The second-order valence-electron chi connectivity index (χ2n) is 9.57. The fourth-order valence-electron chi connectivity index (χ4n) is 4.79. The Bertz CT molecular complexity index is 1830. The average molecular weight is 535 g/mol. The lowest BCUT2D eigenvalue weighted by Gasteiger charge is -2.21. The monoisotopic (exact) mass is 534 g/mol. The third-order valence-corrected chi connectivity index (χ3v) is 6.68. The molecule has 7 nitrogen and oxygen atoms in total. The molecular formula is C32H27FN4O3. The van der Waals surface area contributed by atoms with Gasteiger partial charge in [-0.2, -0.15) is 0 Å². The topological polar surface area (TPSA) is 111 Å². The Balaban J connectivity index is 1.72. The second kappa shape index (κ2) is 10.9. The number of nitrogens with two attached hydrogens (primary N) is 1. The van der Waals surface area contributed by atoms with Crippen LogP contribution in [-0.2, 0) is 4.79 Å². The van der Waals surface area contributed by atoms with Crippen LogP contribution >= 0.6 is 0 Å². The number of halogens is 1. The average Bonchev–Trinajstić information content (AvgIpc) is 2.95. The van der Waals surface area contributed by atoms with E-state index in [9.17, 15) is 14.0 Å². The van der Waals surface area contributed by atoms with Crippen molar-refractivity contribution in [2.45, 2.75) is 26.8 Å². The van der Waals surface area contributed by atoms with Crippen LogP contribution in [0.4, 0.5) is 10.1 Å². The summed E-state index contributed by atoms with van der Waals surface area (Å²) in [5, 5.41) is 3.74. The van der Waals surface area contributed by atoms with E-state index in [0.29, 0.717) is 45.3 Å². The Morgan fingerprint density at radius 3 is 2.58 bits per heavy atom. The quantitative estimate of drug-likeness (QED) is 0.183. The van der Waals surface area contributed by atoms with Crippen LogP contribution < -0.4 is 16.5 Å². The van der Waals surface area contributed by atoms with Crippen LogP contribution in [0.2, 0.25) is 0 Å². The maximum atomic E-state index is 14.7. The number of fused-ring (bicyclic) bond motifs is 1. The number of rotatable bonds is 7. The van der Waals surface area contributed by atoms with Gasteiger partial charge >= 0.3 is 0 Å². The minimum absolute atomic E-state index is 0.0635. The first-order chi connectivity index (χ1) is 19.3. The summed E-state index contributed by atoms with van der Waals surface area (Å²) in [6.07, 6.45) is 5.35. The molecule has 0 aliphatic rings. The fraction of sp³-hybridized carbons (Fsp3) is 0.125. The molecule has 0 fully saturated rings. The largest absolute Gasteiger partial charge is 0.455 e. The number of carbonyl (C=O) groups excluding carboxylic acids is 1. The van der Waals surface area contributed by atoms with Gasteiger partial charge in [-0.3, -0.25) is 19.6 Å². The Morgan fingerprint density at radius 2 is 1.88 bits per heavy atom. The number of allylic oxidation sites excluding steroid dienone is 2. The van der Waals surface area contributed by atoms with Crippen LogP contribution in [0.1, 0.15) is 36.6 Å². The number of aldehydes is 1. The number of anilines is 1. The predicted molar refractivity (Wildman–Crippen MR) is 155 cm³/mol. The van der Waals surface area contributed by atoms with Crippen LogP contribution in [0.5, 0.6) is 0 Å². The Morgan fingerprint density at radius 1 is 1.10 bits per heavy atom. The van der Waals surface area contributed by atoms with Crippen molar-refractivity contribution in [2.24, 2.45) is 5.73 Å². The normalized spacial score (nSPS) is 12.6. The molecule has 0 spiro atoms. The van der Waals surface area contributed by atoms with Gasteiger partial charge in [-0.1, -0.05) is 18.2 Å². The van der Waals surface area contributed by atoms with Gasteiger partial charge in [0, 0.05) is 46.6 Å². The van der Waals surface area contributed by atoms with Gasteiger partial charge in [-0.15, -0.1) is 0 Å². The van der Waals surface area contributed by atoms with Crippen LogP contribution in [0.25, 0.3) is 39.1 Å². The third-order valence-electron chi connectivity index (χ3n) is 6.68. The van der Waals surface area contributed by atoms with Crippen molar-refractivity contribution < 1.29 is 13.6 Å². The number of aromatic nitrogens is 2. The molecular weight excluding hydrogens is 507 g/mol. The Hall–Kier alpha value is -5.11. The van der Waals surface area contributed by atoms with Gasteiger partial charge in [0.05, 0.1) is 28.4 Å². The number of pyridine rings is 2. The minimum Gasteiger partial charge on any atom is -0.455 e. The highest BCUT2D eigenvalue weighted by Crippen LogP contribution is 2.36. The first-order valence-electron chi connectivity index (χ1n) is 12.7. The van der Waals surface area contributed by atoms with Gasteiger partial charge in [0.15, 0.2) is 6.29 Å². The minimum atomic E-state index is -0.384. The van der Waals surface area contributed by atoms with Crippen LogP contribution in [0, 0.1) is 12.7 Å². The van der Waals surface area contributed by atoms with Crippen molar-refractivity contribution in [3.8, 4) is 22.6 Å². The Kier molecular flexibility index (Phi) is 7.25. The van der Waals surface area contributed by atoms with E-state index in [2.05, 4.69) is 15.3 Å². The molecule has 40 heavy (non-hydrogen) atoms.